The number of anilines is 1. The van der Waals surface area contributed by atoms with E-state index in [2.05, 4.69) is 43.0 Å². The van der Waals surface area contributed by atoms with Crippen LogP contribution in [0.4, 0.5) is 5.69 Å². The molecule has 1 aliphatic heterocycles. The van der Waals surface area contributed by atoms with Crippen molar-refractivity contribution in [3.05, 3.63) is 48.9 Å². The van der Waals surface area contributed by atoms with Crippen LogP contribution in [0, 0.1) is 6.92 Å². The summed E-state index contributed by atoms with van der Waals surface area (Å²) in [7, 11) is 0. The first-order chi connectivity index (χ1) is 16.2. The molecule has 5 aromatic rings. The molecule has 10 nitrogen and oxygen atoms in total. The number of fused-ring (bicyclic) bond motifs is 2. The quantitative estimate of drug-likeness (QED) is 0.404. The molecule has 0 bridgehead atoms. The van der Waals surface area contributed by atoms with E-state index in [4.69, 9.17) is 14.2 Å². The Bertz CT molecular complexity index is 1440. The van der Waals surface area contributed by atoms with Gasteiger partial charge in [-0.3, -0.25) is 0 Å². The number of imidazole rings is 1. The summed E-state index contributed by atoms with van der Waals surface area (Å²) < 4.78 is 13.7. The van der Waals surface area contributed by atoms with Gasteiger partial charge in [0, 0.05) is 49.0 Å². The molecule has 6 rings (SSSR count). The van der Waals surface area contributed by atoms with E-state index in [1.165, 1.54) is 6.33 Å². The predicted octanol–water partition coefficient (Wildman–Crippen LogP) is 3.41. The maximum absolute atomic E-state index is 6.34. The van der Waals surface area contributed by atoms with Gasteiger partial charge in [-0.05, 0) is 26.0 Å². The van der Waals surface area contributed by atoms with Gasteiger partial charge >= 0.3 is 0 Å². The molecule has 0 N–H and O–H groups in total. The summed E-state index contributed by atoms with van der Waals surface area (Å²) in [6.45, 7) is 6.25. The molecule has 5 heterocycles. The Morgan fingerprint density at radius 3 is 2.85 bits per heavy atom. The Kier molecular flexibility index (Phi) is 4.63. The molecule has 0 spiro atoms. The lowest BCUT2D eigenvalue weighted by molar-refractivity contribution is 0.218. The topological polar surface area (TPSA) is 108 Å². The Hall–Kier alpha value is -4.08. The Balaban J connectivity index is 1.28. The zero-order valence-corrected chi connectivity index (χ0v) is 18.3. The maximum atomic E-state index is 6.34. The van der Waals surface area contributed by atoms with Crippen molar-refractivity contribution in [2.75, 3.05) is 18.0 Å². The fourth-order valence-corrected chi connectivity index (χ4v) is 4.29. The highest BCUT2D eigenvalue weighted by Crippen LogP contribution is 2.30. The van der Waals surface area contributed by atoms with Crippen molar-refractivity contribution in [2.24, 2.45) is 0 Å². The lowest BCUT2D eigenvalue weighted by atomic mass is 10.2. The van der Waals surface area contributed by atoms with E-state index in [0.717, 1.165) is 59.0 Å². The van der Waals surface area contributed by atoms with Crippen molar-refractivity contribution in [3.63, 3.8) is 0 Å². The molecule has 0 radical (unpaired) electrons. The summed E-state index contributed by atoms with van der Waals surface area (Å²) >= 11 is 0. The van der Waals surface area contributed by atoms with E-state index >= 15 is 0 Å². The van der Waals surface area contributed by atoms with Crippen LogP contribution >= 0.6 is 0 Å². The molecular formula is C23H22N8O2. The fourth-order valence-electron chi connectivity index (χ4n) is 4.29. The van der Waals surface area contributed by atoms with Crippen molar-refractivity contribution < 1.29 is 9.26 Å². The summed E-state index contributed by atoms with van der Waals surface area (Å²) in [6, 6.07) is 6.13. The van der Waals surface area contributed by atoms with Gasteiger partial charge in [-0.25, -0.2) is 19.9 Å². The third kappa shape index (κ3) is 3.43. The zero-order valence-electron chi connectivity index (χ0n) is 18.3. The number of aryl methyl sites for hydroxylation is 2. The smallest absolute Gasteiger partial charge is 0.245 e. The molecule has 10 heteroatoms. The number of benzene rings is 1. The molecule has 4 aromatic heterocycles. The van der Waals surface area contributed by atoms with Crippen LogP contribution in [-0.4, -0.2) is 53.8 Å². The molecule has 1 fully saturated rings. The molecule has 0 aliphatic carbocycles. The minimum Gasteiger partial charge on any atom is -0.471 e. The molecular weight excluding hydrogens is 420 g/mol. The maximum Gasteiger partial charge on any atom is 0.245 e. The third-order valence-corrected chi connectivity index (χ3v) is 5.98. The summed E-state index contributed by atoms with van der Waals surface area (Å²) in [5, 5.41) is 4.86. The molecule has 1 atom stereocenters. The average molecular weight is 442 g/mol. The molecule has 1 saturated heterocycles. The van der Waals surface area contributed by atoms with Crippen LogP contribution in [0.5, 0.6) is 5.88 Å². The Morgan fingerprint density at radius 1 is 1.12 bits per heavy atom. The minimum absolute atomic E-state index is 0.00791. The lowest BCUT2D eigenvalue weighted by Gasteiger charge is -2.18. The van der Waals surface area contributed by atoms with E-state index in [1.807, 2.05) is 23.6 Å². The number of aromatic nitrogens is 7. The van der Waals surface area contributed by atoms with Crippen LogP contribution in [0.25, 0.3) is 33.5 Å². The minimum atomic E-state index is -0.00791. The molecule has 1 aliphatic rings. The summed E-state index contributed by atoms with van der Waals surface area (Å²) in [6.07, 6.45) is 7.69. The first kappa shape index (κ1) is 19.6. The second-order valence-electron chi connectivity index (χ2n) is 8.07. The van der Waals surface area contributed by atoms with Crippen LogP contribution in [0.2, 0.25) is 0 Å². The normalized spacial score (nSPS) is 16.2. The highest BCUT2D eigenvalue weighted by molar-refractivity contribution is 5.81. The molecule has 33 heavy (non-hydrogen) atoms. The van der Waals surface area contributed by atoms with Gasteiger partial charge in [0.25, 0.3) is 0 Å². The highest BCUT2D eigenvalue weighted by Gasteiger charge is 2.27. The fraction of sp³-hybridized carbons (Fsp3) is 0.304. The first-order valence-electron chi connectivity index (χ1n) is 11.0. The summed E-state index contributed by atoms with van der Waals surface area (Å²) in [4.78, 5) is 24.6. The van der Waals surface area contributed by atoms with Gasteiger partial charge in [-0.2, -0.15) is 4.98 Å². The van der Waals surface area contributed by atoms with Crippen LogP contribution in [0.1, 0.15) is 19.2 Å². The molecule has 0 amide bonds. The van der Waals surface area contributed by atoms with E-state index in [0.29, 0.717) is 17.9 Å². The summed E-state index contributed by atoms with van der Waals surface area (Å²) in [5.74, 6) is 1.97. The second kappa shape index (κ2) is 7.80. The predicted molar refractivity (Wildman–Crippen MR) is 122 cm³/mol. The highest BCUT2D eigenvalue weighted by atomic mass is 16.5. The van der Waals surface area contributed by atoms with Crippen LogP contribution in [-0.2, 0) is 6.54 Å². The number of hydrogen-bond donors (Lipinski definition) is 0. The monoisotopic (exact) mass is 442 g/mol. The van der Waals surface area contributed by atoms with Gasteiger partial charge in [0.2, 0.25) is 5.88 Å². The van der Waals surface area contributed by atoms with Gasteiger partial charge in [-0.1, -0.05) is 5.16 Å². The molecule has 1 aromatic carbocycles. The van der Waals surface area contributed by atoms with Crippen LogP contribution < -0.4 is 9.64 Å². The lowest BCUT2D eigenvalue weighted by Crippen LogP contribution is -2.24. The van der Waals surface area contributed by atoms with Crippen molar-refractivity contribution in [1.82, 2.24) is 34.6 Å². The zero-order chi connectivity index (χ0) is 22.4. The van der Waals surface area contributed by atoms with Gasteiger partial charge in [-0.15, -0.1) is 0 Å². The van der Waals surface area contributed by atoms with Crippen molar-refractivity contribution >= 4 is 27.8 Å². The van der Waals surface area contributed by atoms with E-state index < -0.39 is 0 Å². The van der Waals surface area contributed by atoms with Crippen molar-refractivity contribution in [1.29, 1.82) is 0 Å². The Morgan fingerprint density at radius 2 is 2.00 bits per heavy atom. The van der Waals surface area contributed by atoms with Crippen molar-refractivity contribution in [2.45, 2.75) is 32.9 Å². The molecule has 0 unspecified atom stereocenters. The Labute approximate surface area is 189 Å². The van der Waals surface area contributed by atoms with Gasteiger partial charge in [0.15, 0.2) is 16.7 Å². The first-order valence-corrected chi connectivity index (χ1v) is 11.0. The largest absolute Gasteiger partial charge is 0.471 e. The van der Waals surface area contributed by atoms with Gasteiger partial charge in [0.05, 0.1) is 18.3 Å². The SMILES string of the molecule is CCn1c(-c2cnc(C)nc2)nc2c(O[C@H]3CCN(c4ccc5cnoc5c4)C3)ncnc21. The number of ether oxygens (including phenoxy) is 1. The molecule has 0 saturated carbocycles. The standard InChI is InChI=1S/C23H22N8O2/c1-3-31-21(16-9-24-14(2)25-10-16)29-20-22(31)26-13-27-23(20)32-18-6-7-30(12-18)17-5-4-15-11-28-33-19(15)8-17/h4-5,8-11,13,18H,3,6-7,12H2,1-2H3/t18-/m0/s1. The average Bonchev–Trinajstić information content (AvgIpc) is 3.57. The van der Waals surface area contributed by atoms with Gasteiger partial charge < -0.3 is 18.7 Å². The molecule has 166 valence electrons. The van der Waals surface area contributed by atoms with Crippen LogP contribution in [0.3, 0.4) is 0 Å². The van der Waals surface area contributed by atoms with Gasteiger partial charge in [0.1, 0.15) is 24.1 Å². The summed E-state index contributed by atoms with van der Waals surface area (Å²) in [5.41, 5.74) is 4.10. The number of hydrogen-bond acceptors (Lipinski definition) is 9. The number of rotatable bonds is 5. The van der Waals surface area contributed by atoms with Crippen molar-refractivity contribution in [3.8, 4) is 17.3 Å². The number of nitrogens with zero attached hydrogens (tertiary/aromatic N) is 8. The second-order valence-corrected chi connectivity index (χ2v) is 8.07. The van der Waals surface area contributed by atoms with E-state index in [1.54, 1.807) is 18.6 Å². The van der Waals surface area contributed by atoms with E-state index in [-0.39, 0.29) is 6.10 Å². The van der Waals surface area contributed by atoms with Crippen LogP contribution in [0.15, 0.2) is 47.6 Å². The third-order valence-electron chi connectivity index (χ3n) is 5.98. The van der Waals surface area contributed by atoms with E-state index in [9.17, 15) is 0 Å².